The summed E-state index contributed by atoms with van der Waals surface area (Å²) in [6, 6.07) is 11.0. The van der Waals surface area contributed by atoms with Crippen LogP contribution in [0.15, 0.2) is 40.9 Å². The molecule has 8 heteroatoms. The fourth-order valence-corrected chi connectivity index (χ4v) is 3.81. The van der Waals surface area contributed by atoms with Gasteiger partial charge in [0.1, 0.15) is 0 Å². The molecule has 2 aromatic carbocycles. The molecule has 0 spiro atoms. The number of halogens is 1. The van der Waals surface area contributed by atoms with Crippen LogP contribution < -0.4 is 14.4 Å². The number of fused-ring (bicyclic) bond motifs is 1. The van der Waals surface area contributed by atoms with Gasteiger partial charge in [0.25, 0.3) is 5.89 Å². The number of aryl methyl sites for hydroxylation is 1. The Kier molecular flexibility index (Phi) is 3.98. The summed E-state index contributed by atoms with van der Waals surface area (Å²) < 4.78 is 16.1. The van der Waals surface area contributed by atoms with Crippen molar-refractivity contribution in [2.45, 2.75) is 19.3 Å². The maximum absolute atomic E-state index is 12.6. The molecule has 1 saturated heterocycles. The van der Waals surface area contributed by atoms with Crippen molar-refractivity contribution < 1.29 is 18.8 Å². The van der Waals surface area contributed by atoms with Crippen molar-refractivity contribution in [2.75, 3.05) is 18.2 Å². The molecule has 0 N–H and O–H groups in total. The van der Waals surface area contributed by atoms with E-state index >= 15 is 0 Å². The van der Waals surface area contributed by atoms with Crippen molar-refractivity contribution in [3.8, 4) is 23.0 Å². The molecule has 3 aromatic rings. The highest BCUT2D eigenvalue weighted by Crippen LogP contribution is 2.37. The molecule has 2 aliphatic rings. The summed E-state index contributed by atoms with van der Waals surface area (Å²) in [6.07, 6.45) is 0.335. The third-order valence-electron chi connectivity index (χ3n) is 5.00. The lowest BCUT2D eigenvalue weighted by Gasteiger charge is -2.18. The van der Waals surface area contributed by atoms with Crippen molar-refractivity contribution >= 4 is 23.2 Å². The molecule has 5 rings (SSSR count). The second-order valence-electron chi connectivity index (χ2n) is 6.86. The Morgan fingerprint density at radius 3 is 2.86 bits per heavy atom. The van der Waals surface area contributed by atoms with E-state index in [1.165, 1.54) is 0 Å². The summed E-state index contributed by atoms with van der Waals surface area (Å²) in [7, 11) is 0. The largest absolute Gasteiger partial charge is 0.454 e. The zero-order valence-corrected chi connectivity index (χ0v) is 15.8. The standard InChI is InChI=1S/C20H16ClN3O4/c1-11-6-14(21)3-4-15(11)24-9-13(8-18(24)25)19-22-20(28-23-19)12-2-5-16-17(7-12)27-10-26-16/h2-7,13H,8-10H2,1H3. The number of carbonyl (C=O) groups is 1. The molecule has 0 bridgehead atoms. The summed E-state index contributed by atoms with van der Waals surface area (Å²) in [4.78, 5) is 18.8. The van der Waals surface area contributed by atoms with E-state index in [9.17, 15) is 4.79 Å². The Hall–Kier alpha value is -3.06. The van der Waals surface area contributed by atoms with Crippen LogP contribution in [0.4, 0.5) is 5.69 Å². The number of benzene rings is 2. The SMILES string of the molecule is Cc1cc(Cl)ccc1N1CC(c2noc(-c3ccc4c(c3)OCO4)n2)CC1=O. The number of anilines is 1. The molecule has 28 heavy (non-hydrogen) atoms. The third kappa shape index (κ3) is 2.88. The summed E-state index contributed by atoms with van der Waals surface area (Å²) >= 11 is 6.03. The van der Waals surface area contributed by atoms with Gasteiger partial charge in [-0.2, -0.15) is 4.98 Å². The normalized spacial score (nSPS) is 18.1. The minimum atomic E-state index is -0.130. The van der Waals surface area contributed by atoms with E-state index < -0.39 is 0 Å². The van der Waals surface area contributed by atoms with Crippen LogP contribution in [0.3, 0.4) is 0 Å². The predicted molar refractivity (Wildman–Crippen MR) is 102 cm³/mol. The van der Waals surface area contributed by atoms with E-state index in [1.807, 2.05) is 37.3 Å². The van der Waals surface area contributed by atoms with Crippen molar-refractivity contribution in [3.63, 3.8) is 0 Å². The van der Waals surface area contributed by atoms with Crippen LogP contribution in [0.25, 0.3) is 11.5 Å². The van der Waals surface area contributed by atoms with Crippen molar-refractivity contribution in [1.29, 1.82) is 0 Å². The third-order valence-corrected chi connectivity index (χ3v) is 5.24. The molecule has 1 atom stereocenters. The van der Waals surface area contributed by atoms with Gasteiger partial charge in [0, 0.05) is 35.2 Å². The maximum Gasteiger partial charge on any atom is 0.258 e. The zero-order valence-electron chi connectivity index (χ0n) is 15.0. The smallest absolute Gasteiger partial charge is 0.258 e. The highest BCUT2D eigenvalue weighted by molar-refractivity contribution is 6.30. The van der Waals surface area contributed by atoms with Crippen LogP contribution in [0.2, 0.25) is 5.02 Å². The Balaban J connectivity index is 1.38. The minimum absolute atomic E-state index is 0.0323. The van der Waals surface area contributed by atoms with Crippen LogP contribution in [-0.2, 0) is 4.79 Å². The van der Waals surface area contributed by atoms with Gasteiger partial charge in [-0.3, -0.25) is 4.79 Å². The fraction of sp³-hybridized carbons (Fsp3) is 0.250. The van der Waals surface area contributed by atoms with Crippen LogP contribution in [0.5, 0.6) is 11.5 Å². The van der Waals surface area contributed by atoms with E-state index in [-0.39, 0.29) is 18.6 Å². The number of hydrogen-bond acceptors (Lipinski definition) is 6. The molecule has 1 unspecified atom stereocenters. The zero-order chi connectivity index (χ0) is 19.3. The Labute approximate surface area is 165 Å². The average molecular weight is 398 g/mol. The Morgan fingerprint density at radius 1 is 1.14 bits per heavy atom. The average Bonchev–Trinajstić information content (AvgIpc) is 3.40. The number of aromatic nitrogens is 2. The van der Waals surface area contributed by atoms with Gasteiger partial charge in [-0.25, -0.2) is 0 Å². The van der Waals surface area contributed by atoms with E-state index in [0.717, 1.165) is 16.8 Å². The number of ether oxygens (including phenoxy) is 2. The van der Waals surface area contributed by atoms with Crippen molar-refractivity contribution in [1.82, 2.24) is 10.1 Å². The predicted octanol–water partition coefficient (Wildman–Crippen LogP) is 3.95. The van der Waals surface area contributed by atoms with E-state index in [0.29, 0.717) is 41.2 Å². The van der Waals surface area contributed by atoms with Crippen LogP contribution >= 0.6 is 11.6 Å². The first-order valence-electron chi connectivity index (χ1n) is 8.88. The fourth-order valence-electron chi connectivity index (χ4n) is 3.58. The lowest BCUT2D eigenvalue weighted by molar-refractivity contribution is -0.117. The molecule has 0 saturated carbocycles. The first-order chi connectivity index (χ1) is 13.6. The molecule has 1 aromatic heterocycles. The van der Waals surface area contributed by atoms with E-state index in [4.69, 9.17) is 25.6 Å². The number of carbonyl (C=O) groups excluding carboxylic acids is 1. The summed E-state index contributed by atoms with van der Waals surface area (Å²) in [5.41, 5.74) is 2.56. The minimum Gasteiger partial charge on any atom is -0.454 e. The topological polar surface area (TPSA) is 77.7 Å². The second-order valence-corrected chi connectivity index (χ2v) is 7.30. The van der Waals surface area contributed by atoms with E-state index in [1.54, 1.807) is 11.0 Å². The molecule has 2 aliphatic heterocycles. The number of rotatable bonds is 3. The van der Waals surface area contributed by atoms with Gasteiger partial charge in [-0.15, -0.1) is 0 Å². The van der Waals surface area contributed by atoms with Crippen molar-refractivity contribution in [2.24, 2.45) is 0 Å². The first-order valence-corrected chi connectivity index (χ1v) is 9.26. The second kappa shape index (κ2) is 6.53. The van der Waals surface area contributed by atoms with Gasteiger partial charge < -0.3 is 18.9 Å². The summed E-state index contributed by atoms with van der Waals surface area (Å²) in [5, 5.41) is 4.76. The van der Waals surface area contributed by atoms with Crippen LogP contribution in [-0.4, -0.2) is 29.4 Å². The molecule has 3 heterocycles. The summed E-state index contributed by atoms with van der Waals surface area (Å²) in [5.74, 6) is 2.16. The molecule has 1 amide bonds. The van der Waals surface area contributed by atoms with Gasteiger partial charge in [0.05, 0.1) is 0 Å². The van der Waals surface area contributed by atoms with Crippen LogP contribution in [0.1, 0.15) is 23.7 Å². The summed E-state index contributed by atoms with van der Waals surface area (Å²) in [6.45, 7) is 2.65. The van der Waals surface area contributed by atoms with Gasteiger partial charge in [-0.1, -0.05) is 16.8 Å². The monoisotopic (exact) mass is 397 g/mol. The highest BCUT2D eigenvalue weighted by Gasteiger charge is 2.35. The lowest BCUT2D eigenvalue weighted by atomic mass is 10.1. The highest BCUT2D eigenvalue weighted by atomic mass is 35.5. The Bertz CT molecular complexity index is 1080. The molecular formula is C20H16ClN3O4. The molecule has 1 fully saturated rings. The number of hydrogen-bond donors (Lipinski definition) is 0. The molecule has 142 valence electrons. The van der Waals surface area contributed by atoms with Gasteiger partial charge in [0.15, 0.2) is 17.3 Å². The van der Waals surface area contributed by atoms with Crippen molar-refractivity contribution in [3.05, 3.63) is 52.8 Å². The maximum atomic E-state index is 12.6. The number of nitrogens with zero attached hydrogens (tertiary/aromatic N) is 3. The molecule has 0 radical (unpaired) electrons. The molecule has 7 nitrogen and oxygen atoms in total. The number of amides is 1. The van der Waals surface area contributed by atoms with Gasteiger partial charge in [-0.05, 0) is 48.9 Å². The first kappa shape index (κ1) is 17.1. The Morgan fingerprint density at radius 2 is 2.00 bits per heavy atom. The van der Waals surface area contributed by atoms with Crippen LogP contribution in [0, 0.1) is 6.92 Å². The molecular weight excluding hydrogens is 382 g/mol. The molecule has 0 aliphatic carbocycles. The lowest BCUT2D eigenvalue weighted by Crippen LogP contribution is -2.25. The quantitative estimate of drug-likeness (QED) is 0.666. The van der Waals surface area contributed by atoms with E-state index in [2.05, 4.69) is 10.1 Å². The van der Waals surface area contributed by atoms with Gasteiger partial charge >= 0.3 is 0 Å². The van der Waals surface area contributed by atoms with Gasteiger partial charge in [0.2, 0.25) is 12.7 Å².